The Morgan fingerprint density at radius 2 is 2.31 bits per heavy atom. The average molecular weight is 257 g/mol. The van der Waals surface area contributed by atoms with Gasteiger partial charge < -0.3 is 10.6 Å². The van der Waals surface area contributed by atoms with Gasteiger partial charge in [0.15, 0.2) is 0 Å². The van der Waals surface area contributed by atoms with E-state index in [-0.39, 0.29) is 6.04 Å². The number of hydrogen-bond donors (Lipinski definition) is 1. The van der Waals surface area contributed by atoms with Gasteiger partial charge in [-0.1, -0.05) is 23.8 Å². The molecule has 1 aliphatic rings. The molecule has 1 aromatic heterocycles. The Bertz CT molecular complexity index is 375. The first-order valence-corrected chi connectivity index (χ1v) is 6.69. The molecule has 1 aromatic rings. The minimum Gasteiger partial charge on any atom is -0.324 e. The monoisotopic (exact) mass is 256 g/mol. The van der Waals surface area contributed by atoms with Gasteiger partial charge in [-0.05, 0) is 31.5 Å². The Hall–Kier alpha value is -0.350. The molecule has 1 aliphatic carbocycles. The highest BCUT2D eigenvalue weighted by atomic mass is 35.5. The van der Waals surface area contributed by atoms with Crippen LogP contribution in [0.4, 0.5) is 0 Å². The van der Waals surface area contributed by atoms with Crippen molar-refractivity contribution < 1.29 is 0 Å². The van der Waals surface area contributed by atoms with Gasteiger partial charge in [-0.25, -0.2) is 0 Å². The van der Waals surface area contributed by atoms with Crippen LogP contribution < -0.4 is 5.73 Å². The Balaban J connectivity index is 1.80. The zero-order valence-electron chi connectivity index (χ0n) is 9.40. The van der Waals surface area contributed by atoms with Gasteiger partial charge in [-0.15, -0.1) is 11.3 Å². The molecule has 0 saturated carbocycles. The van der Waals surface area contributed by atoms with Gasteiger partial charge in [0.25, 0.3) is 0 Å². The van der Waals surface area contributed by atoms with Crippen LogP contribution >= 0.6 is 22.9 Å². The minimum atomic E-state index is 0.259. The quantitative estimate of drug-likeness (QED) is 0.840. The summed E-state index contributed by atoms with van der Waals surface area (Å²) in [5.74, 6) is 0.607. The first-order valence-electron chi connectivity index (χ1n) is 5.50. The van der Waals surface area contributed by atoms with Crippen LogP contribution in [0.5, 0.6) is 0 Å². The third-order valence-corrected chi connectivity index (χ3v) is 4.02. The summed E-state index contributed by atoms with van der Waals surface area (Å²) in [5.41, 5.74) is 5.84. The van der Waals surface area contributed by atoms with Crippen molar-refractivity contribution in [3.8, 4) is 0 Å². The van der Waals surface area contributed by atoms with Crippen molar-refractivity contribution in [2.75, 3.05) is 13.6 Å². The zero-order chi connectivity index (χ0) is 11.5. The second-order valence-electron chi connectivity index (χ2n) is 4.45. The van der Waals surface area contributed by atoms with Crippen LogP contribution in [-0.2, 0) is 6.54 Å². The molecule has 0 spiro atoms. The fraction of sp³-hybridized carbons (Fsp3) is 0.500. The standard InChI is InChI=1S/C12H17ClN2S/c1-15(7-9-2-3-10(14)6-9)8-11-4-5-12(13)16-11/h2-5,9-10H,6-8,14H2,1H3. The van der Waals surface area contributed by atoms with Crippen LogP contribution in [-0.4, -0.2) is 24.5 Å². The predicted octanol–water partition coefficient (Wildman–Crippen LogP) is 2.74. The smallest absolute Gasteiger partial charge is 0.0931 e. The van der Waals surface area contributed by atoms with E-state index in [0.717, 1.165) is 23.8 Å². The molecule has 2 rings (SSSR count). The third kappa shape index (κ3) is 3.32. The van der Waals surface area contributed by atoms with Crippen molar-refractivity contribution >= 4 is 22.9 Å². The molecule has 0 aliphatic heterocycles. The van der Waals surface area contributed by atoms with E-state index in [4.69, 9.17) is 17.3 Å². The Kier molecular flexibility index (Phi) is 4.03. The summed E-state index contributed by atoms with van der Waals surface area (Å²) in [6.45, 7) is 2.04. The minimum absolute atomic E-state index is 0.259. The lowest BCUT2D eigenvalue weighted by Gasteiger charge is -2.19. The van der Waals surface area contributed by atoms with Crippen molar-refractivity contribution in [2.45, 2.75) is 19.0 Å². The van der Waals surface area contributed by atoms with Crippen molar-refractivity contribution in [3.63, 3.8) is 0 Å². The van der Waals surface area contributed by atoms with E-state index in [0.29, 0.717) is 5.92 Å². The number of nitrogens with two attached hydrogens (primary N) is 1. The van der Waals surface area contributed by atoms with Gasteiger partial charge in [0.2, 0.25) is 0 Å². The van der Waals surface area contributed by atoms with Gasteiger partial charge in [0, 0.05) is 24.0 Å². The Morgan fingerprint density at radius 1 is 1.50 bits per heavy atom. The summed E-state index contributed by atoms with van der Waals surface area (Å²) in [6.07, 6.45) is 5.43. The largest absolute Gasteiger partial charge is 0.324 e. The van der Waals surface area contributed by atoms with E-state index >= 15 is 0 Å². The highest BCUT2D eigenvalue weighted by Crippen LogP contribution is 2.23. The summed E-state index contributed by atoms with van der Waals surface area (Å²) >= 11 is 7.56. The first-order chi connectivity index (χ1) is 7.63. The molecule has 0 bridgehead atoms. The van der Waals surface area contributed by atoms with E-state index < -0.39 is 0 Å². The van der Waals surface area contributed by atoms with Gasteiger partial charge in [0.1, 0.15) is 0 Å². The molecule has 1 heterocycles. The van der Waals surface area contributed by atoms with E-state index in [1.54, 1.807) is 11.3 Å². The molecule has 0 radical (unpaired) electrons. The predicted molar refractivity (Wildman–Crippen MR) is 70.9 cm³/mol. The van der Waals surface area contributed by atoms with E-state index in [1.165, 1.54) is 4.88 Å². The molecule has 2 unspecified atom stereocenters. The van der Waals surface area contributed by atoms with Crippen LogP contribution in [0, 0.1) is 5.92 Å². The summed E-state index contributed by atoms with van der Waals surface area (Å²) in [4.78, 5) is 3.65. The maximum absolute atomic E-state index is 5.91. The van der Waals surface area contributed by atoms with Crippen molar-refractivity contribution in [1.82, 2.24) is 4.90 Å². The molecule has 0 aromatic carbocycles. The summed E-state index contributed by atoms with van der Waals surface area (Å²) in [5, 5.41) is 0. The van der Waals surface area contributed by atoms with Crippen molar-refractivity contribution in [2.24, 2.45) is 11.7 Å². The maximum atomic E-state index is 5.91. The molecule has 16 heavy (non-hydrogen) atoms. The van der Waals surface area contributed by atoms with Gasteiger partial charge in [-0.2, -0.15) is 0 Å². The number of nitrogens with zero attached hydrogens (tertiary/aromatic N) is 1. The molecule has 0 fully saturated rings. The lowest BCUT2D eigenvalue weighted by molar-refractivity contribution is 0.291. The average Bonchev–Trinajstić information content (AvgIpc) is 2.76. The van der Waals surface area contributed by atoms with Crippen LogP contribution in [0.25, 0.3) is 0 Å². The van der Waals surface area contributed by atoms with Crippen LogP contribution in [0.3, 0.4) is 0 Å². The topological polar surface area (TPSA) is 29.3 Å². The molecule has 0 saturated heterocycles. The highest BCUT2D eigenvalue weighted by molar-refractivity contribution is 7.16. The maximum Gasteiger partial charge on any atom is 0.0931 e. The van der Waals surface area contributed by atoms with Crippen molar-refractivity contribution in [3.05, 3.63) is 33.5 Å². The van der Waals surface area contributed by atoms with Crippen LogP contribution in [0.2, 0.25) is 4.34 Å². The molecule has 88 valence electrons. The first kappa shape index (κ1) is 12.1. The number of thiophene rings is 1. The third-order valence-electron chi connectivity index (χ3n) is 2.81. The Morgan fingerprint density at radius 3 is 2.88 bits per heavy atom. The zero-order valence-corrected chi connectivity index (χ0v) is 11.0. The fourth-order valence-electron chi connectivity index (χ4n) is 2.11. The molecule has 0 amide bonds. The van der Waals surface area contributed by atoms with E-state index in [2.05, 4.69) is 30.2 Å². The van der Waals surface area contributed by atoms with Crippen LogP contribution in [0.1, 0.15) is 11.3 Å². The summed E-state index contributed by atoms with van der Waals surface area (Å²) < 4.78 is 0.867. The van der Waals surface area contributed by atoms with Crippen LogP contribution in [0.15, 0.2) is 24.3 Å². The molecule has 2 N–H and O–H groups in total. The SMILES string of the molecule is CN(Cc1ccc(Cl)s1)CC1C=CC(N)C1. The summed E-state index contributed by atoms with van der Waals surface area (Å²) in [7, 11) is 2.14. The number of halogens is 1. The van der Waals surface area contributed by atoms with Gasteiger partial charge >= 0.3 is 0 Å². The lowest BCUT2D eigenvalue weighted by Crippen LogP contribution is -2.25. The highest BCUT2D eigenvalue weighted by Gasteiger charge is 2.17. The van der Waals surface area contributed by atoms with Gasteiger partial charge in [-0.3, -0.25) is 0 Å². The number of rotatable bonds is 4. The molecule has 4 heteroatoms. The Labute approximate surface area is 106 Å². The van der Waals surface area contributed by atoms with Crippen molar-refractivity contribution in [1.29, 1.82) is 0 Å². The van der Waals surface area contributed by atoms with E-state index in [1.807, 2.05) is 6.07 Å². The number of hydrogen-bond acceptors (Lipinski definition) is 3. The normalized spacial score (nSPS) is 24.5. The van der Waals surface area contributed by atoms with Gasteiger partial charge in [0.05, 0.1) is 4.34 Å². The second kappa shape index (κ2) is 5.32. The molecular formula is C12H17ClN2S. The lowest BCUT2D eigenvalue weighted by atomic mass is 10.1. The molecule has 2 atom stereocenters. The van der Waals surface area contributed by atoms with E-state index in [9.17, 15) is 0 Å². The second-order valence-corrected chi connectivity index (χ2v) is 6.25. The fourth-order valence-corrected chi connectivity index (χ4v) is 3.28. The summed E-state index contributed by atoms with van der Waals surface area (Å²) in [6, 6.07) is 4.31. The molecular weight excluding hydrogens is 240 g/mol. The molecule has 2 nitrogen and oxygen atoms in total.